The van der Waals surface area contributed by atoms with Crippen LogP contribution >= 0.6 is 7.82 Å². The van der Waals surface area contributed by atoms with Crippen LogP contribution in [0.5, 0.6) is 0 Å². The fraction of sp³-hybridized carbons (Fsp3) is 0.750. The molecule has 0 bridgehead atoms. The Morgan fingerprint density at radius 3 is 2.69 bits per heavy atom. The first-order valence-electron chi connectivity index (χ1n) is 4.32. The Labute approximate surface area is 78.9 Å². The minimum absolute atomic E-state index is 0.437. The van der Waals surface area contributed by atoms with Gasteiger partial charge in [-0.15, -0.1) is 11.5 Å². The van der Waals surface area contributed by atoms with E-state index in [0.717, 1.165) is 12.8 Å². The molecule has 0 aliphatic carbocycles. The van der Waals surface area contributed by atoms with Crippen LogP contribution in [0.25, 0.3) is 0 Å². The zero-order valence-electron chi connectivity index (χ0n) is 7.81. The van der Waals surface area contributed by atoms with Crippen LogP contribution in [0, 0.1) is 0 Å². The van der Waals surface area contributed by atoms with Crippen LogP contribution in [0.3, 0.4) is 0 Å². The van der Waals surface area contributed by atoms with Crippen LogP contribution < -0.4 is 0 Å². The first-order valence-corrected chi connectivity index (χ1v) is 5.82. The average molecular weight is 207 g/mol. The van der Waals surface area contributed by atoms with Gasteiger partial charge in [0.2, 0.25) is 0 Å². The van der Waals surface area contributed by atoms with Crippen molar-refractivity contribution in [2.45, 2.75) is 38.7 Å². The summed E-state index contributed by atoms with van der Waals surface area (Å²) in [5.74, 6) is 0. The van der Waals surface area contributed by atoms with E-state index in [1.54, 1.807) is 6.08 Å². The molecule has 0 saturated carbocycles. The average Bonchev–Trinajstić information content (AvgIpc) is 1.98. The molecular weight excluding hydrogens is 191 g/mol. The van der Waals surface area contributed by atoms with E-state index in [9.17, 15) is 9.46 Å². The molecule has 0 rings (SSSR count). The van der Waals surface area contributed by atoms with Crippen LogP contribution in [0.2, 0.25) is 0 Å². The van der Waals surface area contributed by atoms with Crippen molar-refractivity contribution in [3.8, 4) is 0 Å². The minimum atomic E-state index is -4.59. The molecule has 0 fully saturated rings. The van der Waals surface area contributed by atoms with Crippen LogP contribution in [-0.2, 0) is 14.0 Å². The predicted octanol–water partition coefficient (Wildman–Crippen LogP) is 2.67. The fourth-order valence-electron chi connectivity index (χ4n) is 1.02. The van der Waals surface area contributed by atoms with E-state index >= 15 is 0 Å². The fourth-order valence-corrected chi connectivity index (χ4v) is 1.59. The molecule has 0 aromatic rings. The van der Waals surface area contributed by atoms with Crippen LogP contribution in [-0.4, -0.2) is 11.0 Å². The highest BCUT2D eigenvalue weighted by Crippen LogP contribution is 2.40. The van der Waals surface area contributed by atoms with E-state index in [2.05, 4.69) is 11.1 Å². The van der Waals surface area contributed by atoms with Crippen molar-refractivity contribution in [3.63, 3.8) is 0 Å². The largest absolute Gasteiger partial charge is 0.500 e. The van der Waals surface area contributed by atoms with Gasteiger partial charge in [0.25, 0.3) is 0 Å². The third kappa shape index (κ3) is 8.19. The molecule has 0 saturated heterocycles. The second-order valence-electron chi connectivity index (χ2n) is 2.86. The molecule has 0 heterocycles. The number of hydrogen-bond donors (Lipinski definition) is 1. The molecular formula is C8H16O4P. The normalized spacial score (nSPS) is 14.1. The molecule has 2 atom stereocenters. The summed E-state index contributed by atoms with van der Waals surface area (Å²) in [5, 5.41) is 0. The molecule has 77 valence electrons. The van der Waals surface area contributed by atoms with E-state index in [4.69, 9.17) is 4.89 Å². The summed E-state index contributed by atoms with van der Waals surface area (Å²) in [5.41, 5.74) is 0. The topological polar surface area (TPSA) is 66.4 Å². The van der Waals surface area contributed by atoms with Gasteiger partial charge in [-0.05, 0) is 12.8 Å². The number of unbranched alkanes of at least 4 members (excludes halogenated alkanes) is 1. The van der Waals surface area contributed by atoms with Crippen molar-refractivity contribution < 1.29 is 18.9 Å². The van der Waals surface area contributed by atoms with E-state index in [1.165, 1.54) is 0 Å². The highest BCUT2D eigenvalue weighted by Gasteiger charge is 2.22. The minimum Gasteiger partial charge on any atom is -0.301 e. The summed E-state index contributed by atoms with van der Waals surface area (Å²) in [6.45, 7) is 5.49. The number of hydrogen-bond acceptors (Lipinski definition) is 2. The maximum atomic E-state index is 10.4. The Kier molecular flexibility index (Phi) is 6.25. The van der Waals surface area contributed by atoms with Crippen molar-refractivity contribution in [2.24, 2.45) is 0 Å². The lowest BCUT2D eigenvalue weighted by Crippen LogP contribution is -2.09. The Hall–Kier alpha value is -0.150. The molecule has 0 amide bonds. The molecule has 0 aliphatic heterocycles. The molecule has 0 aromatic heterocycles. The van der Waals surface area contributed by atoms with Gasteiger partial charge in [0.1, 0.15) is 0 Å². The summed E-state index contributed by atoms with van der Waals surface area (Å²) in [6.07, 6.45) is 4.01. The molecule has 1 radical (unpaired) electrons. The zero-order chi connectivity index (χ0) is 10.3. The van der Waals surface area contributed by atoms with Crippen molar-refractivity contribution >= 4 is 7.82 Å². The zero-order valence-corrected chi connectivity index (χ0v) is 8.70. The lowest BCUT2D eigenvalue weighted by Gasteiger charge is -2.14. The molecule has 5 heteroatoms. The van der Waals surface area contributed by atoms with Gasteiger partial charge in [-0.2, -0.15) is 0 Å². The standard InChI is InChI=1S/C8H16O4P/c1-3-5-7-8(6-4-2)12-13(9,10)11/h4,8H,2-3,5-7H2,1H3,(H,9,10). The van der Waals surface area contributed by atoms with Crippen molar-refractivity contribution in [1.82, 2.24) is 0 Å². The monoisotopic (exact) mass is 207 g/mol. The van der Waals surface area contributed by atoms with Crippen molar-refractivity contribution in [1.29, 1.82) is 0 Å². The molecule has 2 unspecified atom stereocenters. The first-order chi connectivity index (χ1) is 5.99. The maximum absolute atomic E-state index is 10.4. The second-order valence-corrected chi connectivity index (χ2v) is 4.01. The summed E-state index contributed by atoms with van der Waals surface area (Å²) < 4.78 is 14.9. The van der Waals surface area contributed by atoms with Gasteiger partial charge >= 0.3 is 7.82 Å². The second kappa shape index (κ2) is 6.33. The Balaban J connectivity index is 3.93. The van der Waals surface area contributed by atoms with Gasteiger partial charge in [-0.1, -0.05) is 25.8 Å². The molecule has 4 nitrogen and oxygen atoms in total. The summed E-state index contributed by atoms with van der Waals surface area (Å²) in [7, 11) is -4.59. The Morgan fingerprint density at radius 1 is 1.69 bits per heavy atom. The highest BCUT2D eigenvalue weighted by atomic mass is 31.2. The van der Waals surface area contributed by atoms with Crippen LogP contribution in [0.1, 0.15) is 32.6 Å². The first kappa shape index (κ1) is 12.8. The van der Waals surface area contributed by atoms with Gasteiger partial charge in [0, 0.05) is 0 Å². The van der Waals surface area contributed by atoms with E-state index < -0.39 is 13.9 Å². The highest BCUT2D eigenvalue weighted by molar-refractivity contribution is 7.46. The van der Waals surface area contributed by atoms with Gasteiger partial charge in [0.05, 0.1) is 6.10 Å². The van der Waals surface area contributed by atoms with Gasteiger partial charge in [-0.3, -0.25) is 4.52 Å². The third-order valence-electron chi connectivity index (χ3n) is 1.59. The molecule has 13 heavy (non-hydrogen) atoms. The number of rotatable bonds is 7. The summed E-state index contributed by atoms with van der Waals surface area (Å²) in [6, 6.07) is 0. The van der Waals surface area contributed by atoms with E-state index in [1.807, 2.05) is 6.92 Å². The molecule has 0 aromatic carbocycles. The summed E-state index contributed by atoms with van der Waals surface area (Å²) >= 11 is 0. The Bertz CT molecular complexity index is 187. The van der Waals surface area contributed by atoms with E-state index in [0.29, 0.717) is 12.8 Å². The Morgan fingerprint density at radius 2 is 2.31 bits per heavy atom. The molecule has 0 spiro atoms. The van der Waals surface area contributed by atoms with Crippen LogP contribution in [0.4, 0.5) is 0 Å². The van der Waals surface area contributed by atoms with Crippen molar-refractivity contribution in [2.75, 3.05) is 0 Å². The van der Waals surface area contributed by atoms with Crippen molar-refractivity contribution in [3.05, 3.63) is 12.7 Å². The quantitative estimate of drug-likeness (QED) is 0.515. The van der Waals surface area contributed by atoms with Gasteiger partial charge < -0.3 is 4.89 Å². The van der Waals surface area contributed by atoms with E-state index in [-0.39, 0.29) is 0 Å². The van der Waals surface area contributed by atoms with Crippen LogP contribution in [0.15, 0.2) is 12.7 Å². The van der Waals surface area contributed by atoms with Gasteiger partial charge in [-0.25, -0.2) is 4.57 Å². The maximum Gasteiger partial charge on any atom is 0.500 e. The molecule has 1 N–H and O–H groups in total. The van der Waals surface area contributed by atoms with Gasteiger partial charge in [0.15, 0.2) is 0 Å². The SMILES string of the molecule is C=CCC(CCCC)OP([O])(=O)O. The summed E-state index contributed by atoms with van der Waals surface area (Å²) in [4.78, 5) is 18.9. The lowest BCUT2D eigenvalue weighted by molar-refractivity contribution is 0.110. The molecule has 0 aliphatic rings. The third-order valence-corrected chi connectivity index (χ3v) is 2.16. The predicted molar refractivity (Wildman–Crippen MR) is 49.7 cm³/mol. The smallest absolute Gasteiger partial charge is 0.301 e. The lowest BCUT2D eigenvalue weighted by atomic mass is 10.1.